The number of furan rings is 1. The molecule has 3 aromatic rings. The summed E-state index contributed by atoms with van der Waals surface area (Å²) in [6.45, 7) is 0. The number of benzene rings is 2. The number of hydrogen-bond acceptors (Lipinski definition) is 6. The van der Waals surface area contributed by atoms with Crippen LogP contribution in [-0.4, -0.2) is 17.0 Å². The third kappa shape index (κ3) is 4.96. The van der Waals surface area contributed by atoms with Crippen LogP contribution in [0.1, 0.15) is 16.1 Å². The van der Waals surface area contributed by atoms with Crippen molar-refractivity contribution in [2.45, 2.75) is 9.79 Å². The monoisotopic (exact) mass is 401 g/mol. The third-order valence-electron chi connectivity index (χ3n) is 3.35. The first-order valence-electron chi connectivity index (χ1n) is 7.62. The first-order chi connectivity index (χ1) is 13.0. The van der Waals surface area contributed by atoms with Gasteiger partial charge in [-0.15, -0.1) is 0 Å². The maximum atomic E-state index is 11.7. The van der Waals surface area contributed by atoms with Crippen molar-refractivity contribution in [3.8, 4) is 0 Å². The van der Waals surface area contributed by atoms with Gasteiger partial charge in [0.2, 0.25) is 0 Å². The number of nitrogens with one attached hydrogen (secondary N) is 1. The second kappa shape index (κ2) is 8.52. The Morgan fingerprint density at radius 3 is 2.67 bits per heavy atom. The molecule has 2 aromatic carbocycles. The molecule has 3 rings (SSSR count). The summed E-state index contributed by atoms with van der Waals surface area (Å²) in [4.78, 5) is 24.0. The first kappa shape index (κ1) is 18.7. The Balaban J connectivity index is 1.74. The highest BCUT2D eigenvalue weighted by Gasteiger charge is 2.15. The first-order valence-corrected chi connectivity index (χ1v) is 8.81. The van der Waals surface area contributed by atoms with Gasteiger partial charge in [-0.05, 0) is 42.5 Å². The van der Waals surface area contributed by atoms with E-state index in [-0.39, 0.29) is 11.4 Å². The van der Waals surface area contributed by atoms with Crippen molar-refractivity contribution in [2.24, 2.45) is 5.10 Å². The number of hydrazone groups is 1. The van der Waals surface area contributed by atoms with Crippen LogP contribution < -0.4 is 5.43 Å². The Kier molecular flexibility index (Phi) is 5.90. The molecule has 0 spiro atoms. The van der Waals surface area contributed by atoms with Gasteiger partial charge in [-0.2, -0.15) is 5.10 Å². The van der Waals surface area contributed by atoms with Gasteiger partial charge < -0.3 is 4.42 Å². The van der Waals surface area contributed by atoms with E-state index in [2.05, 4.69) is 10.5 Å². The van der Waals surface area contributed by atoms with Crippen LogP contribution in [-0.2, 0) is 0 Å². The average Bonchev–Trinajstić information content (AvgIpc) is 3.19. The zero-order valence-corrected chi connectivity index (χ0v) is 15.2. The van der Waals surface area contributed by atoms with Gasteiger partial charge in [0.15, 0.2) is 5.76 Å². The molecular formula is C18H12ClN3O4S. The number of halogens is 1. The molecular weight excluding hydrogens is 390 g/mol. The van der Waals surface area contributed by atoms with Gasteiger partial charge in [0.25, 0.3) is 5.69 Å². The molecule has 1 N–H and O–H groups in total. The van der Waals surface area contributed by atoms with E-state index >= 15 is 0 Å². The molecule has 1 amide bonds. The van der Waals surface area contributed by atoms with Gasteiger partial charge in [-0.1, -0.05) is 29.4 Å². The predicted molar refractivity (Wildman–Crippen MR) is 102 cm³/mol. The fourth-order valence-electron chi connectivity index (χ4n) is 2.10. The van der Waals surface area contributed by atoms with E-state index < -0.39 is 10.8 Å². The molecule has 0 bridgehead atoms. The van der Waals surface area contributed by atoms with Crippen molar-refractivity contribution >= 4 is 41.2 Å². The van der Waals surface area contributed by atoms with Crippen LogP contribution in [0.15, 0.2) is 80.2 Å². The van der Waals surface area contributed by atoms with Crippen molar-refractivity contribution < 1.29 is 14.1 Å². The average molecular weight is 402 g/mol. The van der Waals surface area contributed by atoms with Gasteiger partial charge in [-0.25, -0.2) is 5.43 Å². The normalized spacial score (nSPS) is 10.9. The molecule has 1 aromatic heterocycles. The Hall–Kier alpha value is -3.10. The number of hydrogen-bond donors (Lipinski definition) is 1. The minimum atomic E-state index is -0.513. The number of nitrogens with zero attached hydrogens (tertiary/aromatic N) is 2. The molecule has 0 aliphatic heterocycles. The van der Waals surface area contributed by atoms with Crippen LogP contribution >= 0.6 is 23.4 Å². The lowest BCUT2D eigenvalue weighted by atomic mass is 10.2. The summed E-state index contributed by atoms with van der Waals surface area (Å²) in [5, 5.41) is 15.8. The number of nitro benzene ring substituents is 1. The summed E-state index contributed by atoms with van der Waals surface area (Å²) in [6.07, 6.45) is 2.70. The summed E-state index contributed by atoms with van der Waals surface area (Å²) in [5.41, 5.74) is 2.71. The second-order valence-electron chi connectivity index (χ2n) is 5.22. The smallest absolute Gasteiger partial charge is 0.307 e. The Morgan fingerprint density at radius 2 is 2.00 bits per heavy atom. The topological polar surface area (TPSA) is 97.7 Å². The van der Waals surface area contributed by atoms with Crippen molar-refractivity contribution in [3.05, 3.63) is 87.3 Å². The summed E-state index contributed by atoms with van der Waals surface area (Å²) in [7, 11) is 0. The number of rotatable bonds is 6. The Labute approximate surface area is 163 Å². The number of carbonyl (C=O) groups is 1. The third-order valence-corrected chi connectivity index (χ3v) is 4.67. The highest BCUT2D eigenvalue weighted by molar-refractivity contribution is 7.99. The molecule has 0 unspecified atom stereocenters. The van der Waals surface area contributed by atoms with Crippen molar-refractivity contribution in [1.29, 1.82) is 0 Å². The van der Waals surface area contributed by atoms with Gasteiger partial charge >= 0.3 is 5.91 Å². The van der Waals surface area contributed by atoms with Crippen LogP contribution in [0.2, 0.25) is 5.02 Å². The van der Waals surface area contributed by atoms with Crippen LogP contribution in [0.3, 0.4) is 0 Å². The van der Waals surface area contributed by atoms with E-state index in [0.29, 0.717) is 15.5 Å². The highest BCUT2D eigenvalue weighted by Crippen LogP contribution is 2.35. The fraction of sp³-hybridized carbons (Fsp3) is 0. The molecule has 0 saturated heterocycles. The number of amides is 1. The quantitative estimate of drug-likeness (QED) is 0.365. The predicted octanol–water partition coefficient (Wildman–Crippen LogP) is 4.76. The summed E-state index contributed by atoms with van der Waals surface area (Å²) >= 11 is 7.11. The molecule has 0 aliphatic carbocycles. The zero-order valence-electron chi connectivity index (χ0n) is 13.7. The highest BCUT2D eigenvalue weighted by atomic mass is 35.5. The molecule has 27 heavy (non-hydrogen) atoms. The summed E-state index contributed by atoms with van der Waals surface area (Å²) < 4.78 is 4.94. The van der Waals surface area contributed by atoms with Crippen LogP contribution in [0, 0.1) is 10.1 Å². The minimum absolute atomic E-state index is 0.0590. The number of carbonyl (C=O) groups excluding carboxylic acids is 1. The molecule has 0 aliphatic rings. The van der Waals surface area contributed by atoms with Gasteiger partial charge in [-0.3, -0.25) is 14.9 Å². The SMILES string of the molecule is O=C(N/N=C/c1ccc(Sc2ccc(Cl)cc2)c([N+](=O)[O-])c1)c1ccco1. The van der Waals surface area contributed by atoms with E-state index in [1.54, 1.807) is 42.5 Å². The van der Waals surface area contributed by atoms with Crippen LogP contribution in [0.4, 0.5) is 5.69 Å². The van der Waals surface area contributed by atoms with Crippen molar-refractivity contribution in [1.82, 2.24) is 5.43 Å². The van der Waals surface area contributed by atoms with E-state index in [1.807, 2.05) is 0 Å². The van der Waals surface area contributed by atoms with Gasteiger partial charge in [0.05, 0.1) is 22.3 Å². The fourth-order valence-corrected chi connectivity index (χ4v) is 3.13. The molecule has 0 atom stereocenters. The molecule has 9 heteroatoms. The van der Waals surface area contributed by atoms with E-state index in [1.165, 1.54) is 36.4 Å². The second-order valence-corrected chi connectivity index (χ2v) is 6.77. The Morgan fingerprint density at radius 1 is 1.22 bits per heavy atom. The maximum Gasteiger partial charge on any atom is 0.307 e. The van der Waals surface area contributed by atoms with Gasteiger partial charge in [0.1, 0.15) is 0 Å². The standard InChI is InChI=1S/C18H12ClN3O4S/c19-13-4-6-14(7-5-13)27-17-8-3-12(10-15(17)22(24)25)11-20-21-18(23)16-2-1-9-26-16/h1-11H,(H,21,23)/b20-11+. The lowest BCUT2D eigenvalue weighted by molar-refractivity contribution is -0.387. The molecule has 0 saturated carbocycles. The maximum absolute atomic E-state index is 11.7. The largest absolute Gasteiger partial charge is 0.459 e. The summed E-state index contributed by atoms with van der Waals surface area (Å²) in [5.74, 6) is -0.395. The molecule has 0 fully saturated rings. The molecule has 1 heterocycles. The summed E-state index contributed by atoms with van der Waals surface area (Å²) in [6, 6.07) is 14.8. The van der Waals surface area contributed by atoms with Gasteiger partial charge in [0, 0.05) is 21.5 Å². The van der Waals surface area contributed by atoms with Crippen LogP contribution in [0.5, 0.6) is 0 Å². The Bertz CT molecular complexity index is 988. The zero-order chi connectivity index (χ0) is 19.2. The van der Waals surface area contributed by atoms with E-state index in [4.69, 9.17) is 16.0 Å². The lowest BCUT2D eigenvalue weighted by Gasteiger charge is -2.04. The van der Waals surface area contributed by atoms with Crippen LogP contribution in [0.25, 0.3) is 0 Å². The van der Waals surface area contributed by atoms with Crippen molar-refractivity contribution in [2.75, 3.05) is 0 Å². The molecule has 7 nitrogen and oxygen atoms in total. The number of nitro groups is 1. The van der Waals surface area contributed by atoms with E-state index in [0.717, 1.165) is 4.90 Å². The molecule has 136 valence electrons. The van der Waals surface area contributed by atoms with E-state index in [9.17, 15) is 14.9 Å². The molecule has 0 radical (unpaired) electrons. The minimum Gasteiger partial charge on any atom is -0.459 e. The lowest BCUT2D eigenvalue weighted by Crippen LogP contribution is -2.16. The van der Waals surface area contributed by atoms with Crippen molar-refractivity contribution in [3.63, 3.8) is 0 Å².